The number of ether oxygens (including phenoxy) is 1. The molecular formula is C23H23N3O5. The highest BCUT2D eigenvalue weighted by atomic mass is 16.5. The summed E-state index contributed by atoms with van der Waals surface area (Å²) in [4.78, 5) is 41.3. The highest BCUT2D eigenvalue weighted by molar-refractivity contribution is 6.15. The second kappa shape index (κ2) is 7.18. The van der Waals surface area contributed by atoms with E-state index in [1.165, 1.54) is 12.0 Å². The number of imide groups is 1. The summed E-state index contributed by atoms with van der Waals surface area (Å²) in [6.45, 7) is 0.398. The van der Waals surface area contributed by atoms with Gasteiger partial charge in [-0.1, -0.05) is 30.3 Å². The van der Waals surface area contributed by atoms with E-state index in [0.29, 0.717) is 17.7 Å². The molecule has 3 aliphatic heterocycles. The number of amides is 3. The molecule has 2 unspecified atom stereocenters. The van der Waals surface area contributed by atoms with Crippen LogP contribution in [0.25, 0.3) is 0 Å². The number of carbonyl (C=O) groups excluding carboxylic acids is 3. The zero-order valence-corrected chi connectivity index (χ0v) is 17.0. The Kier molecular flexibility index (Phi) is 4.56. The fraction of sp³-hybridized carbons (Fsp3) is 0.348. The number of nitrogens with zero attached hydrogens (tertiary/aromatic N) is 1. The highest BCUT2D eigenvalue weighted by Gasteiger charge is 2.70. The standard InChI is InChI=1S/C23H23N3O5/c1-31-11-10-26-20(28)18-17(12-13-6-8-14(27)9-7-13)25-23(19(18)21(26)29)15-4-2-3-5-16(15)24-22(23)30/h2-9,17-19,25,27H,10-12H2,1H3,(H,24,30)/t17?,18-,19+,23?/m1/s1. The number of phenols is 1. The van der Waals surface area contributed by atoms with Crippen LogP contribution < -0.4 is 10.6 Å². The summed E-state index contributed by atoms with van der Waals surface area (Å²) in [6, 6.07) is 13.6. The molecule has 2 saturated heterocycles. The van der Waals surface area contributed by atoms with Crippen molar-refractivity contribution in [1.29, 1.82) is 0 Å². The molecule has 2 aromatic rings. The van der Waals surface area contributed by atoms with E-state index in [9.17, 15) is 19.5 Å². The molecule has 0 aliphatic carbocycles. The van der Waals surface area contributed by atoms with Crippen LogP contribution in [0, 0.1) is 11.8 Å². The fourth-order valence-corrected chi connectivity index (χ4v) is 5.28. The van der Waals surface area contributed by atoms with Crippen LogP contribution in [0.4, 0.5) is 5.69 Å². The molecule has 0 radical (unpaired) electrons. The average Bonchev–Trinajstić information content (AvgIpc) is 3.33. The topological polar surface area (TPSA) is 108 Å². The smallest absolute Gasteiger partial charge is 0.250 e. The second-order valence-electron chi connectivity index (χ2n) is 8.25. The van der Waals surface area contributed by atoms with Crippen molar-refractivity contribution < 1.29 is 24.2 Å². The van der Waals surface area contributed by atoms with Crippen molar-refractivity contribution in [3.05, 3.63) is 59.7 Å². The Morgan fingerprint density at radius 3 is 2.55 bits per heavy atom. The lowest BCUT2D eigenvalue weighted by Gasteiger charge is -2.29. The van der Waals surface area contributed by atoms with Crippen LogP contribution in [0.3, 0.4) is 0 Å². The van der Waals surface area contributed by atoms with Gasteiger partial charge in [-0.2, -0.15) is 0 Å². The number of fused-ring (bicyclic) bond motifs is 4. The van der Waals surface area contributed by atoms with E-state index in [4.69, 9.17) is 4.74 Å². The van der Waals surface area contributed by atoms with Crippen molar-refractivity contribution in [2.24, 2.45) is 11.8 Å². The van der Waals surface area contributed by atoms with Crippen molar-refractivity contribution in [1.82, 2.24) is 10.2 Å². The minimum atomic E-state index is -1.29. The predicted molar refractivity (Wildman–Crippen MR) is 111 cm³/mol. The molecule has 3 aliphatic rings. The largest absolute Gasteiger partial charge is 0.508 e. The summed E-state index contributed by atoms with van der Waals surface area (Å²) in [6.07, 6.45) is 0.440. The van der Waals surface area contributed by atoms with Crippen molar-refractivity contribution in [3.8, 4) is 5.75 Å². The molecule has 5 rings (SSSR count). The Hall–Kier alpha value is -3.23. The molecule has 4 atom stereocenters. The van der Waals surface area contributed by atoms with E-state index in [0.717, 1.165) is 5.56 Å². The number of para-hydroxylation sites is 1. The average molecular weight is 421 g/mol. The van der Waals surface area contributed by atoms with Crippen LogP contribution in [0.1, 0.15) is 11.1 Å². The molecule has 8 nitrogen and oxygen atoms in total. The number of nitrogens with one attached hydrogen (secondary N) is 2. The zero-order chi connectivity index (χ0) is 21.8. The van der Waals surface area contributed by atoms with Gasteiger partial charge in [-0.15, -0.1) is 0 Å². The maximum atomic E-state index is 13.5. The first-order chi connectivity index (χ1) is 15.0. The summed E-state index contributed by atoms with van der Waals surface area (Å²) in [5.74, 6) is -2.29. The lowest BCUT2D eigenvalue weighted by Crippen LogP contribution is -2.53. The number of benzene rings is 2. The molecule has 1 spiro atoms. The monoisotopic (exact) mass is 421 g/mol. The molecule has 0 aromatic heterocycles. The number of hydrogen-bond acceptors (Lipinski definition) is 6. The van der Waals surface area contributed by atoms with Crippen molar-refractivity contribution in [3.63, 3.8) is 0 Å². The summed E-state index contributed by atoms with van der Waals surface area (Å²) in [7, 11) is 1.52. The zero-order valence-electron chi connectivity index (χ0n) is 17.0. The quantitative estimate of drug-likeness (QED) is 0.622. The Morgan fingerprint density at radius 2 is 1.81 bits per heavy atom. The number of likely N-dealkylation sites (tertiary alicyclic amines) is 1. The van der Waals surface area contributed by atoms with Crippen molar-refractivity contribution >= 4 is 23.4 Å². The van der Waals surface area contributed by atoms with Gasteiger partial charge in [0.1, 0.15) is 11.3 Å². The first-order valence-corrected chi connectivity index (χ1v) is 10.3. The van der Waals surface area contributed by atoms with Crippen LogP contribution in [0.2, 0.25) is 0 Å². The predicted octanol–water partition coefficient (Wildman–Crippen LogP) is 1.00. The van der Waals surface area contributed by atoms with E-state index in [-0.39, 0.29) is 36.6 Å². The van der Waals surface area contributed by atoms with Crippen molar-refractivity contribution in [2.45, 2.75) is 18.0 Å². The third kappa shape index (κ3) is 2.79. The van der Waals surface area contributed by atoms with Crippen LogP contribution in [-0.2, 0) is 31.1 Å². The summed E-state index contributed by atoms with van der Waals surface area (Å²) >= 11 is 0. The maximum Gasteiger partial charge on any atom is 0.250 e. The normalized spacial score (nSPS) is 28.9. The SMILES string of the molecule is COCCN1C(=O)[C@@H]2C(Cc3ccc(O)cc3)NC3(C(=O)Nc4ccccc43)[C@@H]2C1=O. The number of carbonyl (C=O) groups is 3. The number of hydrogen-bond donors (Lipinski definition) is 3. The number of rotatable bonds is 5. The van der Waals surface area contributed by atoms with Crippen LogP contribution in [0.5, 0.6) is 5.75 Å². The van der Waals surface area contributed by atoms with Crippen molar-refractivity contribution in [2.75, 3.05) is 25.6 Å². The van der Waals surface area contributed by atoms with E-state index < -0.39 is 23.4 Å². The first kappa shape index (κ1) is 19.7. The summed E-state index contributed by atoms with van der Waals surface area (Å²) < 4.78 is 5.09. The second-order valence-corrected chi connectivity index (χ2v) is 8.25. The minimum absolute atomic E-state index is 0.152. The van der Waals surface area contributed by atoms with Gasteiger partial charge in [0.2, 0.25) is 17.7 Å². The lowest BCUT2D eigenvalue weighted by atomic mass is 9.76. The Labute approximate surface area is 179 Å². The molecule has 160 valence electrons. The van der Waals surface area contributed by atoms with Crippen LogP contribution >= 0.6 is 0 Å². The number of methoxy groups -OCH3 is 1. The number of anilines is 1. The van der Waals surface area contributed by atoms with Crippen LogP contribution in [0.15, 0.2) is 48.5 Å². The van der Waals surface area contributed by atoms with E-state index in [2.05, 4.69) is 10.6 Å². The van der Waals surface area contributed by atoms with Gasteiger partial charge in [0.15, 0.2) is 0 Å². The Balaban J connectivity index is 1.59. The van der Waals surface area contributed by atoms with Crippen LogP contribution in [-0.4, -0.2) is 54.0 Å². The minimum Gasteiger partial charge on any atom is -0.508 e. The molecule has 0 saturated carbocycles. The van der Waals surface area contributed by atoms with Gasteiger partial charge in [-0.3, -0.25) is 24.6 Å². The number of phenolic OH excluding ortho intramolecular Hbond substituents is 1. The first-order valence-electron chi connectivity index (χ1n) is 10.3. The molecular weight excluding hydrogens is 398 g/mol. The van der Waals surface area contributed by atoms with E-state index >= 15 is 0 Å². The van der Waals surface area contributed by atoms with E-state index in [1.807, 2.05) is 18.2 Å². The van der Waals surface area contributed by atoms with Gasteiger partial charge in [0.25, 0.3) is 0 Å². The van der Waals surface area contributed by atoms with Gasteiger partial charge in [0, 0.05) is 24.4 Å². The molecule has 31 heavy (non-hydrogen) atoms. The third-order valence-electron chi connectivity index (χ3n) is 6.62. The molecule has 3 heterocycles. The number of aromatic hydroxyl groups is 1. The Morgan fingerprint density at radius 1 is 1.06 bits per heavy atom. The van der Waals surface area contributed by atoms with Gasteiger partial charge in [0.05, 0.1) is 25.0 Å². The molecule has 3 amide bonds. The highest BCUT2D eigenvalue weighted by Crippen LogP contribution is 2.53. The molecule has 2 fully saturated rings. The lowest BCUT2D eigenvalue weighted by molar-refractivity contribution is -0.143. The van der Waals surface area contributed by atoms with Gasteiger partial charge < -0.3 is 15.2 Å². The van der Waals surface area contributed by atoms with E-state index in [1.54, 1.807) is 30.3 Å². The Bertz CT molecular complexity index is 1070. The van der Waals surface area contributed by atoms with Gasteiger partial charge in [-0.25, -0.2) is 0 Å². The van der Waals surface area contributed by atoms with Gasteiger partial charge >= 0.3 is 0 Å². The summed E-state index contributed by atoms with van der Waals surface area (Å²) in [5, 5.41) is 15.9. The fourth-order valence-electron chi connectivity index (χ4n) is 5.28. The molecule has 8 heteroatoms. The molecule has 3 N–H and O–H groups in total. The van der Waals surface area contributed by atoms with Gasteiger partial charge in [-0.05, 0) is 30.2 Å². The maximum absolute atomic E-state index is 13.5. The summed E-state index contributed by atoms with van der Waals surface area (Å²) in [5.41, 5.74) is 0.947. The third-order valence-corrected chi connectivity index (χ3v) is 6.62. The molecule has 2 aromatic carbocycles. The molecule has 0 bridgehead atoms.